The van der Waals surface area contributed by atoms with Gasteiger partial charge in [-0.2, -0.15) is 0 Å². The van der Waals surface area contributed by atoms with E-state index in [2.05, 4.69) is 14.4 Å². The third kappa shape index (κ3) is 4.90. The van der Waals surface area contributed by atoms with E-state index in [0.717, 1.165) is 6.20 Å². The van der Waals surface area contributed by atoms with E-state index in [9.17, 15) is 17.2 Å². The molecule has 0 atom stereocenters. The van der Waals surface area contributed by atoms with Crippen LogP contribution in [0.5, 0.6) is 0 Å². The van der Waals surface area contributed by atoms with Crippen molar-refractivity contribution in [3.05, 3.63) is 18.3 Å². The van der Waals surface area contributed by atoms with Gasteiger partial charge in [0.05, 0.1) is 6.61 Å². The molecule has 0 radical (unpaired) electrons. The average Bonchev–Trinajstić information content (AvgIpc) is 2.28. The lowest BCUT2D eigenvalue weighted by Crippen LogP contribution is -2.28. The molecule has 0 unspecified atom stereocenters. The van der Waals surface area contributed by atoms with Gasteiger partial charge in [0.2, 0.25) is 10.0 Å². The standard InChI is InChI=1S/C9H13F2N3O3S/c10-8(11)6-17-4-3-14-18(15,16)7-1-2-9(12)13-5-7/h1-2,5,8,14H,3-4,6H2,(H2,12,13). The summed E-state index contributed by atoms with van der Waals surface area (Å²) in [5.74, 6) is 0.203. The topological polar surface area (TPSA) is 94.3 Å². The van der Waals surface area contributed by atoms with Crippen molar-refractivity contribution in [1.82, 2.24) is 9.71 Å². The minimum absolute atomic E-state index is 0.0504. The van der Waals surface area contributed by atoms with Crippen molar-refractivity contribution in [3.63, 3.8) is 0 Å². The number of alkyl halides is 2. The number of ether oxygens (including phenoxy) is 1. The lowest BCUT2D eigenvalue weighted by atomic mass is 10.5. The molecule has 1 heterocycles. The zero-order chi connectivity index (χ0) is 13.6. The molecule has 102 valence electrons. The number of sulfonamides is 1. The normalized spacial score (nSPS) is 11.9. The number of hydrogen-bond acceptors (Lipinski definition) is 5. The zero-order valence-corrected chi connectivity index (χ0v) is 10.2. The molecule has 0 aromatic carbocycles. The molecule has 0 bridgehead atoms. The monoisotopic (exact) mass is 281 g/mol. The highest BCUT2D eigenvalue weighted by Gasteiger charge is 2.13. The van der Waals surface area contributed by atoms with Crippen LogP contribution in [0.25, 0.3) is 0 Å². The van der Waals surface area contributed by atoms with Crippen molar-refractivity contribution >= 4 is 15.8 Å². The number of aromatic nitrogens is 1. The van der Waals surface area contributed by atoms with E-state index < -0.39 is 23.1 Å². The highest BCUT2D eigenvalue weighted by Crippen LogP contribution is 2.07. The summed E-state index contributed by atoms with van der Waals surface area (Å²) >= 11 is 0. The second kappa shape index (κ2) is 6.57. The number of rotatable bonds is 7. The fourth-order valence-electron chi connectivity index (χ4n) is 1.05. The van der Waals surface area contributed by atoms with Crippen LogP contribution in [-0.2, 0) is 14.8 Å². The van der Waals surface area contributed by atoms with Gasteiger partial charge in [0, 0.05) is 12.7 Å². The molecule has 3 N–H and O–H groups in total. The molecule has 1 aromatic heterocycles. The summed E-state index contributed by atoms with van der Waals surface area (Å²) in [5.41, 5.74) is 5.32. The van der Waals surface area contributed by atoms with Crippen LogP contribution < -0.4 is 10.5 Å². The lowest BCUT2D eigenvalue weighted by Gasteiger charge is -2.07. The fourth-order valence-corrected chi connectivity index (χ4v) is 2.01. The van der Waals surface area contributed by atoms with Gasteiger partial charge in [-0.05, 0) is 12.1 Å². The summed E-state index contributed by atoms with van der Waals surface area (Å²) < 4.78 is 53.4. The van der Waals surface area contributed by atoms with Gasteiger partial charge in [-0.15, -0.1) is 0 Å². The number of hydrogen-bond donors (Lipinski definition) is 2. The maximum atomic E-state index is 11.7. The summed E-state index contributed by atoms with van der Waals surface area (Å²) in [6.45, 7) is -0.948. The minimum Gasteiger partial charge on any atom is -0.384 e. The molecule has 18 heavy (non-hydrogen) atoms. The quantitative estimate of drug-likeness (QED) is 0.697. The van der Waals surface area contributed by atoms with E-state index in [1.54, 1.807) is 0 Å². The maximum absolute atomic E-state index is 11.7. The summed E-state index contributed by atoms with van der Waals surface area (Å²) in [7, 11) is -3.71. The van der Waals surface area contributed by atoms with Gasteiger partial charge in [0.15, 0.2) is 0 Å². The first-order valence-corrected chi connectivity index (χ1v) is 6.47. The Morgan fingerprint density at radius 3 is 2.72 bits per heavy atom. The number of nitrogen functional groups attached to an aromatic ring is 1. The van der Waals surface area contributed by atoms with E-state index in [1.165, 1.54) is 12.1 Å². The van der Waals surface area contributed by atoms with E-state index in [0.29, 0.717) is 0 Å². The molecule has 0 fully saturated rings. The Balaban J connectivity index is 2.43. The van der Waals surface area contributed by atoms with Crippen LogP contribution in [0, 0.1) is 0 Å². The minimum atomic E-state index is -3.71. The van der Waals surface area contributed by atoms with Gasteiger partial charge in [0.25, 0.3) is 6.43 Å². The Hall–Kier alpha value is -1.32. The molecule has 0 aliphatic heterocycles. The first kappa shape index (κ1) is 14.7. The van der Waals surface area contributed by atoms with Crippen LogP contribution in [0.15, 0.2) is 23.2 Å². The number of anilines is 1. The molecular weight excluding hydrogens is 268 g/mol. The summed E-state index contributed by atoms with van der Waals surface area (Å²) in [5, 5.41) is 0. The van der Waals surface area contributed by atoms with Crippen molar-refractivity contribution in [3.8, 4) is 0 Å². The number of nitrogens with one attached hydrogen (secondary N) is 1. The molecule has 0 saturated carbocycles. The van der Waals surface area contributed by atoms with Gasteiger partial charge < -0.3 is 10.5 Å². The smallest absolute Gasteiger partial charge is 0.261 e. The molecule has 6 nitrogen and oxygen atoms in total. The van der Waals surface area contributed by atoms with Gasteiger partial charge in [-0.3, -0.25) is 0 Å². The molecule has 1 rings (SSSR count). The average molecular weight is 281 g/mol. The van der Waals surface area contributed by atoms with Crippen LogP contribution in [0.1, 0.15) is 0 Å². The fraction of sp³-hybridized carbons (Fsp3) is 0.444. The predicted octanol–water partition coefficient (Wildman–Crippen LogP) is 0.224. The highest BCUT2D eigenvalue weighted by molar-refractivity contribution is 7.89. The molecule has 0 amide bonds. The van der Waals surface area contributed by atoms with Crippen LogP contribution >= 0.6 is 0 Å². The number of nitrogens with two attached hydrogens (primary N) is 1. The van der Waals surface area contributed by atoms with Crippen molar-refractivity contribution in [2.24, 2.45) is 0 Å². The Bertz CT molecular complexity index is 464. The number of pyridine rings is 1. The highest BCUT2D eigenvalue weighted by atomic mass is 32.2. The SMILES string of the molecule is Nc1ccc(S(=O)(=O)NCCOCC(F)F)cn1. The molecule has 0 spiro atoms. The van der Waals surface area contributed by atoms with E-state index >= 15 is 0 Å². The zero-order valence-electron chi connectivity index (χ0n) is 9.34. The Labute approximate surface area is 103 Å². The molecule has 9 heteroatoms. The first-order valence-electron chi connectivity index (χ1n) is 4.99. The Morgan fingerprint density at radius 1 is 1.44 bits per heavy atom. The van der Waals surface area contributed by atoms with E-state index in [1.807, 2.05) is 0 Å². The Kier molecular flexibility index (Phi) is 5.38. The third-order valence-electron chi connectivity index (χ3n) is 1.85. The maximum Gasteiger partial charge on any atom is 0.261 e. The van der Waals surface area contributed by atoms with Crippen molar-refractivity contribution in [1.29, 1.82) is 0 Å². The molecule has 0 saturated heterocycles. The second-order valence-electron chi connectivity index (χ2n) is 3.28. The van der Waals surface area contributed by atoms with Crippen LogP contribution in [0.3, 0.4) is 0 Å². The summed E-state index contributed by atoms with van der Waals surface area (Å²) in [6, 6.07) is 2.65. The van der Waals surface area contributed by atoms with E-state index in [4.69, 9.17) is 5.73 Å². The number of nitrogens with zero attached hydrogens (tertiary/aromatic N) is 1. The Morgan fingerprint density at radius 2 is 2.17 bits per heavy atom. The van der Waals surface area contributed by atoms with Crippen molar-refractivity contribution < 1.29 is 21.9 Å². The molecular formula is C9H13F2N3O3S. The van der Waals surface area contributed by atoms with Gasteiger partial charge in [-0.25, -0.2) is 26.9 Å². The molecule has 0 aliphatic carbocycles. The van der Waals surface area contributed by atoms with Crippen LogP contribution in [0.2, 0.25) is 0 Å². The van der Waals surface area contributed by atoms with Crippen molar-refractivity contribution in [2.75, 3.05) is 25.5 Å². The largest absolute Gasteiger partial charge is 0.384 e. The molecule has 1 aromatic rings. The predicted molar refractivity (Wildman–Crippen MR) is 60.7 cm³/mol. The van der Waals surface area contributed by atoms with Gasteiger partial charge in [-0.1, -0.05) is 0 Å². The summed E-state index contributed by atoms with van der Waals surface area (Å²) in [4.78, 5) is 3.59. The third-order valence-corrected chi connectivity index (χ3v) is 3.30. The van der Waals surface area contributed by atoms with Crippen molar-refractivity contribution in [2.45, 2.75) is 11.3 Å². The lowest BCUT2D eigenvalue weighted by molar-refractivity contribution is 0.0199. The first-order chi connectivity index (χ1) is 8.42. The number of halogens is 2. The van der Waals surface area contributed by atoms with E-state index in [-0.39, 0.29) is 23.9 Å². The summed E-state index contributed by atoms with van der Waals surface area (Å²) in [6.07, 6.45) is -1.46. The van der Waals surface area contributed by atoms with Crippen LogP contribution in [0.4, 0.5) is 14.6 Å². The second-order valence-corrected chi connectivity index (χ2v) is 5.05. The van der Waals surface area contributed by atoms with Crippen LogP contribution in [-0.4, -0.2) is 39.6 Å². The van der Waals surface area contributed by atoms with Gasteiger partial charge in [0.1, 0.15) is 17.3 Å². The molecule has 0 aliphatic rings. The van der Waals surface area contributed by atoms with Gasteiger partial charge >= 0.3 is 0 Å².